The van der Waals surface area contributed by atoms with Gasteiger partial charge in [0.2, 0.25) is 5.91 Å². The molecule has 2 fully saturated rings. The van der Waals surface area contributed by atoms with Gasteiger partial charge in [-0.3, -0.25) is 14.4 Å². The SMILES string of the molecule is O=C(COC(=O)[C@H]1CCN(c2ccccc2Br)C1=O)NC1CCCCCC1. The number of halogens is 1. The zero-order valence-corrected chi connectivity index (χ0v) is 16.9. The van der Waals surface area contributed by atoms with Crippen molar-refractivity contribution in [3.05, 3.63) is 28.7 Å². The molecule has 146 valence electrons. The number of ether oxygens (including phenoxy) is 1. The van der Waals surface area contributed by atoms with Crippen LogP contribution in [-0.2, 0) is 19.1 Å². The average Bonchev–Trinajstić information content (AvgIpc) is 2.86. The lowest BCUT2D eigenvalue weighted by Crippen LogP contribution is -2.38. The van der Waals surface area contributed by atoms with Gasteiger partial charge < -0.3 is 15.0 Å². The zero-order valence-electron chi connectivity index (χ0n) is 15.3. The van der Waals surface area contributed by atoms with Crippen molar-refractivity contribution in [1.29, 1.82) is 0 Å². The first kappa shape index (κ1) is 19.9. The van der Waals surface area contributed by atoms with Gasteiger partial charge in [-0.15, -0.1) is 0 Å². The lowest BCUT2D eigenvalue weighted by atomic mass is 10.1. The Kier molecular flexibility index (Phi) is 6.88. The van der Waals surface area contributed by atoms with Crippen LogP contribution in [0.2, 0.25) is 0 Å². The third-order valence-corrected chi connectivity index (χ3v) is 5.87. The summed E-state index contributed by atoms with van der Waals surface area (Å²) in [6, 6.07) is 7.56. The minimum Gasteiger partial charge on any atom is -0.455 e. The van der Waals surface area contributed by atoms with E-state index in [1.807, 2.05) is 24.3 Å². The van der Waals surface area contributed by atoms with Crippen molar-refractivity contribution in [2.75, 3.05) is 18.1 Å². The van der Waals surface area contributed by atoms with Gasteiger partial charge in [0.25, 0.3) is 5.91 Å². The van der Waals surface area contributed by atoms with E-state index in [1.165, 1.54) is 12.8 Å². The Hall–Kier alpha value is -1.89. The fourth-order valence-electron chi connectivity index (χ4n) is 3.74. The molecule has 1 atom stereocenters. The van der Waals surface area contributed by atoms with Crippen LogP contribution in [0.25, 0.3) is 0 Å². The third kappa shape index (κ3) is 5.09. The van der Waals surface area contributed by atoms with Gasteiger partial charge in [0, 0.05) is 17.1 Å². The predicted molar refractivity (Wildman–Crippen MR) is 105 cm³/mol. The Morgan fingerprint density at radius 2 is 1.81 bits per heavy atom. The molecule has 0 aromatic heterocycles. The van der Waals surface area contributed by atoms with E-state index in [0.717, 1.165) is 35.8 Å². The minimum atomic E-state index is -0.845. The van der Waals surface area contributed by atoms with E-state index in [-0.39, 0.29) is 24.5 Å². The van der Waals surface area contributed by atoms with Crippen molar-refractivity contribution in [2.24, 2.45) is 5.92 Å². The molecule has 27 heavy (non-hydrogen) atoms. The monoisotopic (exact) mass is 436 g/mol. The fraction of sp³-hybridized carbons (Fsp3) is 0.550. The number of amides is 2. The van der Waals surface area contributed by atoms with E-state index >= 15 is 0 Å². The van der Waals surface area contributed by atoms with Gasteiger partial charge in [0.05, 0.1) is 5.69 Å². The number of hydrogen-bond donors (Lipinski definition) is 1. The summed E-state index contributed by atoms with van der Waals surface area (Å²) in [5, 5.41) is 2.94. The normalized spacial score (nSPS) is 21.0. The highest BCUT2D eigenvalue weighted by Gasteiger charge is 2.39. The minimum absolute atomic E-state index is 0.165. The molecule has 6 nitrogen and oxygen atoms in total. The number of para-hydroxylation sites is 1. The molecule has 0 spiro atoms. The van der Waals surface area contributed by atoms with Crippen LogP contribution in [0.15, 0.2) is 28.7 Å². The van der Waals surface area contributed by atoms with Crippen LogP contribution in [0.4, 0.5) is 5.69 Å². The van der Waals surface area contributed by atoms with Gasteiger partial charge in [0.15, 0.2) is 6.61 Å². The number of esters is 1. The van der Waals surface area contributed by atoms with E-state index in [1.54, 1.807) is 4.90 Å². The molecule has 1 N–H and O–H groups in total. The summed E-state index contributed by atoms with van der Waals surface area (Å²) in [5.74, 6) is -2.03. The molecule has 1 heterocycles. The number of hydrogen-bond acceptors (Lipinski definition) is 4. The Bertz CT molecular complexity index is 701. The van der Waals surface area contributed by atoms with Crippen molar-refractivity contribution in [3.8, 4) is 0 Å². The highest BCUT2D eigenvalue weighted by Crippen LogP contribution is 2.31. The maximum absolute atomic E-state index is 12.6. The maximum Gasteiger partial charge on any atom is 0.319 e. The summed E-state index contributed by atoms with van der Waals surface area (Å²) in [6.07, 6.45) is 6.99. The molecule has 3 rings (SSSR count). The molecule has 1 aromatic carbocycles. The number of carbonyl (C=O) groups is 3. The number of carbonyl (C=O) groups excluding carboxylic acids is 3. The van der Waals surface area contributed by atoms with E-state index in [0.29, 0.717) is 13.0 Å². The van der Waals surface area contributed by atoms with Crippen LogP contribution in [0.3, 0.4) is 0 Å². The number of anilines is 1. The van der Waals surface area contributed by atoms with Crippen molar-refractivity contribution in [1.82, 2.24) is 5.32 Å². The molecule has 0 unspecified atom stereocenters. The maximum atomic E-state index is 12.6. The molecule has 7 heteroatoms. The third-order valence-electron chi connectivity index (χ3n) is 5.20. The summed E-state index contributed by atoms with van der Waals surface area (Å²) in [4.78, 5) is 38.6. The van der Waals surface area contributed by atoms with Crippen molar-refractivity contribution >= 4 is 39.4 Å². The standard InChI is InChI=1S/C20H25BrN2O4/c21-16-9-5-6-10-17(16)23-12-11-15(19(23)25)20(26)27-13-18(24)22-14-7-3-1-2-4-8-14/h5-6,9-10,14-15H,1-4,7-8,11-13H2,(H,22,24)/t15-/m0/s1. The second kappa shape index (κ2) is 9.35. The molecule has 2 aliphatic rings. The van der Waals surface area contributed by atoms with Gasteiger partial charge >= 0.3 is 5.97 Å². The number of nitrogens with one attached hydrogen (secondary N) is 1. The van der Waals surface area contributed by atoms with E-state index in [2.05, 4.69) is 21.2 Å². The van der Waals surface area contributed by atoms with Gasteiger partial charge in [-0.1, -0.05) is 37.8 Å². The van der Waals surface area contributed by atoms with Gasteiger partial charge in [-0.05, 0) is 47.3 Å². The zero-order chi connectivity index (χ0) is 19.2. The Morgan fingerprint density at radius 1 is 1.11 bits per heavy atom. The van der Waals surface area contributed by atoms with Gasteiger partial charge in [-0.2, -0.15) is 0 Å². The molecule has 1 aliphatic heterocycles. The second-order valence-corrected chi connectivity index (χ2v) is 8.00. The molecule has 2 amide bonds. The van der Waals surface area contributed by atoms with Gasteiger partial charge in [0.1, 0.15) is 5.92 Å². The molecule has 0 radical (unpaired) electrons. The molecule has 0 bridgehead atoms. The summed E-state index contributed by atoms with van der Waals surface area (Å²) in [6.45, 7) is 0.129. The highest BCUT2D eigenvalue weighted by molar-refractivity contribution is 9.10. The quantitative estimate of drug-likeness (QED) is 0.436. The molecule has 1 saturated heterocycles. The van der Waals surface area contributed by atoms with Crippen molar-refractivity contribution < 1.29 is 19.1 Å². The van der Waals surface area contributed by atoms with E-state index in [4.69, 9.17) is 4.74 Å². The van der Waals surface area contributed by atoms with Crippen molar-refractivity contribution in [2.45, 2.75) is 51.0 Å². The van der Waals surface area contributed by atoms with Crippen LogP contribution in [-0.4, -0.2) is 37.0 Å². The van der Waals surface area contributed by atoms with E-state index < -0.39 is 11.9 Å². The summed E-state index contributed by atoms with van der Waals surface area (Å²) < 4.78 is 5.94. The Morgan fingerprint density at radius 3 is 2.52 bits per heavy atom. The van der Waals surface area contributed by atoms with Crippen LogP contribution in [0.1, 0.15) is 44.9 Å². The van der Waals surface area contributed by atoms with Crippen molar-refractivity contribution in [3.63, 3.8) is 0 Å². The first-order chi connectivity index (χ1) is 13.1. The smallest absolute Gasteiger partial charge is 0.319 e. The van der Waals surface area contributed by atoms with Crippen LogP contribution in [0.5, 0.6) is 0 Å². The Labute approximate surface area is 167 Å². The topological polar surface area (TPSA) is 75.7 Å². The van der Waals surface area contributed by atoms with Crippen LogP contribution < -0.4 is 10.2 Å². The fourth-order valence-corrected chi connectivity index (χ4v) is 4.24. The lowest BCUT2D eigenvalue weighted by molar-refractivity contribution is -0.154. The molecule has 1 aromatic rings. The van der Waals surface area contributed by atoms with Crippen LogP contribution >= 0.6 is 15.9 Å². The summed E-state index contributed by atoms with van der Waals surface area (Å²) in [7, 11) is 0. The summed E-state index contributed by atoms with van der Waals surface area (Å²) >= 11 is 3.43. The number of rotatable bonds is 5. The van der Waals surface area contributed by atoms with E-state index in [9.17, 15) is 14.4 Å². The summed E-state index contributed by atoms with van der Waals surface area (Å²) in [5.41, 5.74) is 0.740. The largest absolute Gasteiger partial charge is 0.455 e. The lowest BCUT2D eigenvalue weighted by Gasteiger charge is -2.18. The predicted octanol–water partition coefficient (Wildman–Crippen LogP) is 3.18. The van der Waals surface area contributed by atoms with Gasteiger partial charge in [-0.25, -0.2) is 0 Å². The Balaban J connectivity index is 1.49. The molecule has 1 aliphatic carbocycles. The average molecular weight is 437 g/mol. The molecular weight excluding hydrogens is 412 g/mol. The van der Waals surface area contributed by atoms with Crippen LogP contribution in [0, 0.1) is 5.92 Å². The molecule has 1 saturated carbocycles. The molecular formula is C20H25BrN2O4. The second-order valence-electron chi connectivity index (χ2n) is 7.15. The highest BCUT2D eigenvalue weighted by atomic mass is 79.9. The number of benzene rings is 1. The first-order valence-electron chi connectivity index (χ1n) is 9.58. The number of nitrogens with zero attached hydrogens (tertiary/aromatic N) is 1. The first-order valence-corrected chi connectivity index (χ1v) is 10.4.